The van der Waals surface area contributed by atoms with Gasteiger partial charge in [-0.25, -0.2) is 13.6 Å². The molecule has 7 heteroatoms. The Balaban J connectivity index is 3.38. The van der Waals surface area contributed by atoms with Crippen LogP contribution in [0.15, 0.2) is 10.9 Å². The molecule has 0 fully saturated rings. The Morgan fingerprint density at radius 3 is 2.71 bits per heavy atom. The Bertz CT molecular complexity index is 471. The average molecular weight is 246 g/mol. The number of hydrogen-bond acceptors (Lipinski definition) is 4. The molecule has 1 rings (SSSR count). The predicted octanol–water partition coefficient (Wildman–Crippen LogP) is 0.948. The van der Waals surface area contributed by atoms with Gasteiger partial charge in [0, 0.05) is 23.7 Å². The lowest BCUT2D eigenvalue weighted by atomic mass is 10.1. The number of rotatable bonds is 4. The standard InChI is InChI=1S/C10H12F2N2O3/c1-2-17-10(16)8-6(4-13)5(9(11)12)3-7(15)14-8/h3,9H,2,4,13H2,1H3,(H,14,15). The molecule has 0 atom stereocenters. The summed E-state index contributed by atoms with van der Waals surface area (Å²) >= 11 is 0. The van der Waals surface area contributed by atoms with Crippen molar-refractivity contribution in [3.8, 4) is 0 Å². The third-order valence-corrected chi connectivity index (χ3v) is 2.10. The van der Waals surface area contributed by atoms with Crippen molar-refractivity contribution < 1.29 is 18.3 Å². The molecule has 0 amide bonds. The minimum Gasteiger partial charge on any atom is -0.461 e. The monoisotopic (exact) mass is 246 g/mol. The molecule has 0 aliphatic heterocycles. The number of aromatic amines is 1. The van der Waals surface area contributed by atoms with Crippen molar-refractivity contribution >= 4 is 5.97 Å². The summed E-state index contributed by atoms with van der Waals surface area (Å²) < 4.78 is 30.0. The minimum absolute atomic E-state index is 0.0732. The van der Waals surface area contributed by atoms with E-state index in [1.807, 2.05) is 0 Å². The van der Waals surface area contributed by atoms with E-state index in [0.29, 0.717) is 0 Å². The van der Waals surface area contributed by atoms with Crippen LogP contribution in [0.5, 0.6) is 0 Å². The Labute approximate surface area is 95.6 Å². The topological polar surface area (TPSA) is 85.2 Å². The Morgan fingerprint density at radius 2 is 2.24 bits per heavy atom. The first-order valence-electron chi connectivity index (χ1n) is 4.92. The van der Waals surface area contributed by atoms with Crippen LogP contribution in [0.1, 0.15) is 35.0 Å². The molecule has 1 heterocycles. The zero-order chi connectivity index (χ0) is 13.0. The van der Waals surface area contributed by atoms with Crippen LogP contribution in [0.25, 0.3) is 0 Å². The fourth-order valence-corrected chi connectivity index (χ4v) is 1.40. The number of nitrogens with one attached hydrogen (secondary N) is 1. The van der Waals surface area contributed by atoms with Crippen LogP contribution in [-0.4, -0.2) is 17.6 Å². The summed E-state index contributed by atoms with van der Waals surface area (Å²) in [5.74, 6) is -0.868. The lowest BCUT2D eigenvalue weighted by Gasteiger charge is -2.11. The smallest absolute Gasteiger partial charge is 0.355 e. The van der Waals surface area contributed by atoms with E-state index < -0.39 is 23.5 Å². The lowest BCUT2D eigenvalue weighted by Crippen LogP contribution is -2.21. The van der Waals surface area contributed by atoms with E-state index in [0.717, 1.165) is 6.07 Å². The van der Waals surface area contributed by atoms with Gasteiger partial charge in [-0.1, -0.05) is 0 Å². The van der Waals surface area contributed by atoms with Gasteiger partial charge in [0.2, 0.25) is 5.56 Å². The molecule has 0 saturated heterocycles. The summed E-state index contributed by atoms with van der Waals surface area (Å²) in [6.07, 6.45) is -2.87. The number of alkyl halides is 2. The van der Waals surface area contributed by atoms with Crippen molar-refractivity contribution in [1.82, 2.24) is 4.98 Å². The highest BCUT2D eigenvalue weighted by atomic mass is 19.3. The minimum atomic E-state index is -2.87. The second-order valence-corrected chi connectivity index (χ2v) is 3.17. The molecule has 94 valence electrons. The van der Waals surface area contributed by atoms with E-state index in [1.54, 1.807) is 6.92 Å². The third-order valence-electron chi connectivity index (χ3n) is 2.10. The van der Waals surface area contributed by atoms with Gasteiger partial charge in [-0.15, -0.1) is 0 Å². The van der Waals surface area contributed by atoms with Crippen molar-refractivity contribution in [3.05, 3.63) is 33.2 Å². The number of carbonyl (C=O) groups is 1. The molecule has 1 aromatic heterocycles. The quantitative estimate of drug-likeness (QED) is 0.774. The maximum atomic E-state index is 12.7. The molecule has 17 heavy (non-hydrogen) atoms. The molecule has 0 saturated carbocycles. The van der Waals surface area contributed by atoms with Crippen molar-refractivity contribution in [3.63, 3.8) is 0 Å². The van der Waals surface area contributed by atoms with E-state index in [2.05, 4.69) is 9.72 Å². The maximum Gasteiger partial charge on any atom is 0.355 e. The summed E-state index contributed by atoms with van der Waals surface area (Å²) in [5, 5.41) is 0. The number of halogens is 2. The van der Waals surface area contributed by atoms with Crippen molar-refractivity contribution in [2.75, 3.05) is 6.61 Å². The molecule has 0 radical (unpaired) electrons. The van der Waals surface area contributed by atoms with Crippen LogP contribution >= 0.6 is 0 Å². The first kappa shape index (κ1) is 13.3. The summed E-state index contributed by atoms with van der Waals surface area (Å²) in [7, 11) is 0. The highest BCUT2D eigenvalue weighted by Gasteiger charge is 2.21. The third kappa shape index (κ3) is 2.88. The van der Waals surface area contributed by atoms with Gasteiger partial charge in [-0.2, -0.15) is 0 Å². The van der Waals surface area contributed by atoms with E-state index in [-0.39, 0.29) is 24.4 Å². The molecule has 0 unspecified atom stereocenters. The Kier molecular flexibility index (Phi) is 4.33. The first-order chi connectivity index (χ1) is 8.01. The van der Waals surface area contributed by atoms with Gasteiger partial charge in [0.1, 0.15) is 5.69 Å². The van der Waals surface area contributed by atoms with Gasteiger partial charge in [-0.3, -0.25) is 4.79 Å². The van der Waals surface area contributed by atoms with E-state index in [1.165, 1.54) is 0 Å². The molecule has 0 bridgehead atoms. The fourth-order valence-electron chi connectivity index (χ4n) is 1.40. The van der Waals surface area contributed by atoms with Crippen molar-refractivity contribution in [2.24, 2.45) is 5.73 Å². The molecule has 5 nitrogen and oxygen atoms in total. The predicted molar refractivity (Wildman–Crippen MR) is 55.9 cm³/mol. The second kappa shape index (κ2) is 5.53. The molecule has 0 aromatic carbocycles. The van der Waals surface area contributed by atoms with Gasteiger partial charge >= 0.3 is 5.97 Å². The number of hydrogen-bond donors (Lipinski definition) is 2. The largest absolute Gasteiger partial charge is 0.461 e. The number of pyridine rings is 1. The molecular weight excluding hydrogens is 234 g/mol. The number of nitrogens with two attached hydrogens (primary N) is 1. The van der Waals surface area contributed by atoms with Gasteiger partial charge < -0.3 is 15.5 Å². The normalized spacial score (nSPS) is 10.6. The molecule has 0 aliphatic carbocycles. The van der Waals surface area contributed by atoms with Crippen LogP contribution in [0.2, 0.25) is 0 Å². The van der Waals surface area contributed by atoms with E-state index in [4.69, 9.17) is 5.73 Å². The molecule has 0 aliphatic rings. The molecular formula is C10H12F2N2O3. The summed E-state index contributed by atoms with van der Waals surface area (Å²) in [5.41, 5.74) is 3.57. The fraction of sp³-hybridized carbons (Fsp3) is 0.400. The van der Waals surface area contributed by atoms with Crippen LogP contribution in [-0.2, 0) is 11.3 Å². The number of esters is 1. The van der Waals surface area contributed by atoms with Gasteiger partial charge in [-0.05, 0) is 6.92 Å². The van der Waals surface area contributed by atoms with Gasteiger partial charge in [0.25, 0.3) is 6.43 Å². The molecule has 3 N–H and O–H groups in total. The van der Waals surface area contributed by atoms with E-state index >= 15 is 0 Å². The van der Waals surface area contributed by atoms with Crippen LogP contribution in [0.4, 0.5) is 8.78 Å². The van der Waals surface area contributed by atoms with Crippen molar-refractivity contribution in [1.29, 1.82) is 0 Å². The van der Waals surface area contributed by atoms with Gasteiger partial charge in [0.05, 0.1) is 6.61 Å². The first-order valence-corrected chi connectivity index (χ1v) is 4.92. The molecule has 0 spiro atoms. The number of ether oxygens (including phenoxy) is 1. The van der Waals surface area contributed by atoms with Crippen LogP contribution in [0.3, 0.4) is 0 Å². The zero-order valence-electron chi connectivity index (χ0n) is 9.13. The van der Waals surface area contributed by atoms with Crippen LogP contribution < -0.4 is 11.3 Å². The van der Waals surface area contributed by atoms with Crippen LogP contribution in [0, 0.1) is 0 Å². The summed E-state index contributed by atoms with van der Waals surface area (Å²) in [6, 6.07) is 0.732. The second-order valence-electron chi connectivity index (χ2n) is 3.17. The lowest BCUT2D eigenvalue weighted by molar-refractivity contribution is 0.0517. The highest BCUT2D eigenvalue weighted by Crippen LogP contribution is 2.23. The highest BCUT2D eigenvalue weighted by molar-refractivity contribution is 5.89. The van der Waals surface area contributed by atoms with Crippen molar-refractivity contribution in [2.45, 2.75) is 19.9 Å². The maximum absolute atomic E-state index is 12.7. The molecule has 1 aromatic rings. The summed E-state index contributed by atoms with van der Waals surface area (Å²) in [6.45, 7) is 1.35. The van der Waals surface area contributed by atoms with E-state index in [9.17, 15) is 18.4 Å². The average Bonchev–Trinajstić information content (AvgIpc) is 2.28. The Hall–Kier alpha value is -1.76. The SMILES string of the molecule is CCOC(=O)c1[nH]c(=O)cc(C(F)F)c1CN. The number of carbonyl (C=O) groups excluding carboxylic acids is 1. The number of aromatic nitrogens is 1. The Morgan fingerprint density at radius 1 is 1.59 bits per heavy atom. The zero-order valence-corrected chi connectivity index (χ0v) is 9.13. The van der Waals surface area contributed by atoms with Gasteiger partial charge in [0.15, 0.2) is 0 Å². The summed E-state index contributed by atoms with van der Waals surface area (Å²) in [4.78, 5) is 24.8. The number of H-pyrrole nitrogens is 1.